The van der Waals surface area contributed by atoms with Gasteiger partial charge in [-0.05, 0) is 0 Å². The molecule has 1 aromatic rings. The van der Waals surface area contributed by atoms with E-state index >= 15 is 0 Å². The van der Waals surface area contributed by atoms with Crippen LogP contribution in [0.15, 0.2) is 6.33 Å². The summed E-state index contributed by atoms with van der Waals surface area (Å²) in [6, 6.07) is 0. The lowest BCUT2D eigenvalue weighted by Crippen LogP contribution is -1.95. The van der Waals surface area contributed by atoms with Crippen LogP contribution in [0.2, 0.25) is 0 Å². The molecule has 0 aromatic carbocycles. The van der Waals surface area contributed by atoms with Crippen molar-refractivity contribution in [3.63, 3.8) is 0 Å². The van der Waals surface area contributed by atoms with Crippen molar-refractivity contribution in [2.75, 3.05) is 0 Å². The first-order chi connectivity index (χ1) is 3.84. The Morgan fingerprint density at radius 3 is 2.75 bits per heavy atom. The van der Waals surface area contributed by atoms with E-state index in [1.54, 1.807) is 4.68 Å². The summed E-state index contributed by atoms with van der Waals surface area (Å²) in [6.07, 6.45) is 3.45. The molecule has 0 aliphatic rings. The summed E-state index contributed by atoms with van der Waals surface area (Å²) in [5.41, 5.74) is 0. The second kappa shape index (κ2) is 1.94. The van der Waals surface area contributed by atoms with Gasteiger partial charge in [0.25, 0.3) is 0 Å². The van der Waals surface area contributed by atoms with Crippen molar-refractivity contribution in [1.82, 2.24) is 14.8 Å². The minimum Gasteiger partial charge on any atom is -0.253 e. The van der Waals surface area contributed by atoms with Crippen molar-refractivity contribution in [1.29, 1.82) is 0 Å². The van der Waals surface area contributed by atoms with Crippen molar-refractivity contribution in [2.24, 2.45) is 7.05 Å². The molecule has 1 rings (SSSR count). The van der Waals surface area contributed by atoms with Crippen LogP contribution in [0.3, 0.4) is 0 Å². The highest BCUT2D eigenvalue weighted by Gasteiger charge is 1.92. The van der Waals surface area contributed by atoms with Gasteiger partial charge in [-0.2, -0.15) is 5.10 Å². The van der Waals surface area contributed by atoms with Crippen molar-refractivity contribution in [2.45, 2.75) is 6.92 Å². The maximum absolute atomic E-state index is 3.93. The largest absolute Gasteiger partial charge is 0.253 e. The molecule has 43 valence electrons. The molecule has 0 fully saturated rings. The van der Waals surface area contributed by atoms with Gasteiger partial charge in [0.15, 0.2) is 0 Å². The molecule has 0 atom stereocenters. The van der Waals surface area contributed by atoms with Crippen molar-refractivity contribution < 1.29 is 0 Å². The zero-order valence-electron chi connectivity index (χ0n) is 5.00. The summed E-state index contributed by atoms with van der Waals surface area (Å²) in [5, 5.41) is 3.86. The Kier molecular flexibility index (Phi) is 1.28. The van der Waals surface area contributed by atoms with Crippen LogP contribution < -0.4 is 0 Å². The van der Waals surface area contributed by atoms with Crippen molar-refractivity contribution >= 4 is 0 Å². The molecule has 0 spiro atoms. The molecule has 0 saturated heterocycles. The molecule has 3 nitrogen and oxygen atoms in total. The molecule has 0 unspecified atom stereocenters. The monoisotopic (exact) mass is 110 g/mol. The van der Waals surface area contributed by atoms with E-state index in [1.807, 2.05) is 20.4 Å². The first-order valence-corrected chi connectivity index (χ1v) is 2.48. The van der Waals surface area contributed by atoms with Crippen LogP contribution in [0.5, 0.6) is 0 Å². The van der Waals surface area contributed by atoms with Crippen molar-refractivity contribution in [3.8, 4) is 0 Å². The topological polar surface area (TPSA) is 30.7 Å². The minimum atomic E-state index is 0.907. The summed E-state index contributed by atoms with van der Waals surface area (Å²) in [4.78, 5) is 3.93. The molecule has 0 N–H and O–H groups in total. The SMILES string of the molecule is C[CH]c1ncnn1C. The van der Waals surface area contributed by atoms with E-state index in [2.05, 4.69) is 10.1 Å². The molecule has 3 heteroatoms. The van der Waals surface area contributed by atoms with Crippen LogP contribution >= 0.6 is 0 Å². The molecule has 0 aliphatic carbocycles. The molecule has 1 heterocycles. The fourth-order valence-corrected chi connectivity index (χ4v) is 0.567. The maximum Gasteiger partial charge on any atom is 0.138 e. The van der Waals surface area contributed by atoms with Crippen LogP contribution in [-0.4, -0.2) is 14.8 Å². The Labute approximate surface area is 48.4 Å². The Morgan fingerprint density at radius 2 is 2.50 bits per heavy atom. The molecule has 1 radical (unpaired) electrons. The highest BCUT2D eigenvalue weighted by molar-refractivity contribution is 4.95. The zero-order chi connectivity index (χ0) is 5.98. The van der Waals surface area contributed by atoms with Crippen LogP contribution in [-0.2, 0) is 7.05 Å². The average molecular weight is 110 g/mol. The number of hydrogen-bond acceptors (Lipinski definition) is 2. The predicted molar refractivity (Wildman–Crippen MR) is 30.1 cm³/mol. The van der Waals surface area contributed by atoms with Gasteiger partial charge >= 0.3 is 0 Å². The van der Waals surface area contributed by atoms with Gasteiger partial charge in [-0.3, -0.25) is 4.68 Å². The van der Waals surface area contributed by atoms with Crippen LogP contribution in [0, 0.1) is 6.42 Å². The summed E-state index contributed by atoms with van der Waals surface area (Å²) in [5.74, 6) is 0.907. The fourth-order valence-electron chi connectivity index (χ4n) is 0.567. The normalized spacial score (nSPS) is 9.75. The standard InChI is InChI=1S/C5H8N3/c1-3-5-6-4-7-8(5)2/h3-4H,1-2H3. The highest BCUT2D eigenvalue weighted by Crippen LogP contribution is 1.91. The highest BCUT2D eigenvalue weighted by atomic mass is 15.3. The third-order valence-electron chi connectivity index (χ3n) is 1.00. The van der Waals surface area contributed by atoms with E-state index in [9.17, 15) is 0 Å². The van der Waals surface area contributed by atoms with Gasteiger partial charge in [0, 0.05) is 13.5 Å². The fraction of sp³-hybridized carbons (Fsp3) is 0.400. The van der Waals surface area contributed by atoms with Crippen LogP contribution in [0.1, 0.15) is 12.7 Å². The van der Waals surface area contributed by atoms with E-state index in [1.165, 1.54) is 6.33 Å². The van der Waals surface area contributed by atoms with E-state index in [4.69, 9.17) is 0 Å². The van der Waals surface area contributed by atoms with Gasteiger partial charge in [-0.15, -0.1) is 0 Å². The Morgan fingerprint density at radius 1 is 1.75 bits per heavy atom. The summed E-state index contributed by atoms with van der Waals surface area (Å²) in [7, 11) is 1.86. The Balaban J connectivity index is 2.92. The quantitative estimate of drug-likeness (QED) is 0.523. The van der Waals surface area contributed by atoms with Gasteiger partial charge in [0.2, 0.25) is 0 Å². The summed E-state index contributed by atoms with van der Waals surface area (Å²) >= 11 is 0. The van der Waals surface area contributed by atoms with Gasteiger partial charge in [-0.25, -0.2) is 4.98 Å². The first kappa shape index (κ1) is 5.28. The number of hydrogen-bond donors (Lipinski definition) is 0. The lowest BCUT2D eigenvalue weighted by Gasteiger charge is -1.89. The number of nitrogens with zero attached hydrogens (tertiary/aromatic N) is 3. The van der Waals surface area contributed by atoms with Crippen molar-refractivity contribution in [3.05, 3.63) is 18.6 Å². The lowest BCUT2D eigenvalue weighted by molar-refractivity contribution is 0.740. The Hall–Kier alpha value is -0.860. The van der Waals surface area contributed by atoms with E-state index in [0.717, 1.165) is 5.82 Å². The molecule has 0 bridgehead atoms. The number of aryl methyl sites for hydroxylation is 1. The number of rotatable bonds is 1. The molecule has 0 saturated carbocycles. The predicted octanol–water partition coefficient (Wildman–Crippen LogP) is 0.387. The van der Waals surface area contributed by atoms with Crippen LogP contribution in [0.4, 0.5) is 0 Å². The van der Waals surface area contributed by atoms with Gasteiger partial charge < -0.3 is 0 Å². The van der Waals surface area contributed by atoms with E-state index in [-0.39, 0.29) is 0 Å². The molecule has 0 amide bonds. The van der Waals surface area contributed by atoms with Gasteiger partial charge in [0.05, 0.1) is 0 Å². The summed E-state index contributed by atoms with van der Waals surface area (Å²) < 4.78 is 1.72. The zero-order valence-corrected chi connectivity index (χ0v) is 5.00. The lowest BCUT2D eigenvalue weighted by atomic mass is 10.5. The van der Waals surface area contributed by atoms with E-state index in [0.29, 0.717) is 0 Å². The Bertz CT molecular complexity index is 168. The second-order valence-electron chi connectivity index (χ2n) is 1.53. The first-order valence-electron chi connectivity index (χ1n) is 2.48. The second-order valence-corrected chi connectivity index (χ2v) is 1.53. The third kappa shape index (κ3) is 0.710. The number of aromatic nitrogens is 3. The molecule has 8 heavy (non-hydrogen) atoms. The molecule has 1 aromatic heterocycles. The van der Waals surface area contributed by atoms with E-state index < -0.39 is 0 Å². The minimum absolute atomic E-state index is 0.907. The van der Waals surface area contributed by atoms with Crippen LogP contribution in [0.25, 0.3) is 0 Å². The smallest absolute Gasteiger partial charge is 0.138 e. The average Bonchev–Trinajstić information content (AvgIpc) is 2.14. The molecule has 0 aliphatic heterocycles. The van der Waals surface area contributed by atoms with Gasteiger partial charge in [0.1, 0.15) is 12.2 Å². The third-order valence-corrected chi connectivity index (χ3v) is 1.00. The maximum atomic E-state index is 3.93. The molecular formula is C5H8N3. The summed E-state index contributed by atoms with van der Waals surface area (Å²) in [6.45, 7) is 1.93. The van der Waals surface area contributed by atoms with Gasteiger partial charge in [-0.1, -0.05) is 6.92 Å². The molecular weight excluding hydrogens is 102 g/mol.